The summed E-state index contributed by atoms with van der Waals surface area (Å²) in [5.74, 6) is -3.05. The Labute approximate surface area is 128 Å². The van der Waals surface area contributed by atoms with E-state index >= 15 is 0 Å². The lowest BCUT2D eigenvalue weighted by atomic mass is 10.1. The molecule has 2 N–H and O–H groups in total. The number of carboxylic acid groups (broad SMARTS) is 1. The van der Waals surface area contributed by atoms with Gasteiger partial charge >= 0.3 is 11.9 Å². The maximum atomic E-state index is 12.9. The normalized spacial score (nSPS) is 11.6. The molecule has 1 amide bonds. The molecule has 0 saturated carbocycles. The number of halogens is 2. The van der Waals surface area contributed by atoms with Crippen LogP contribution in [-0.4, -0.2) is 36.1 Å². The van der Waals surface area contributed by atoms with Crippen LogP contribution >= 0.6 is 15.9 Å². The molecule has 1 unspecified atom stereocenters. The summed E-state index contributed by atoms with van der Waals surface area (Å²) in [6.07, 6.45) is -0.245. The molecule has 21 heavy (non-hydrogen) atoms. The van der Waals surface area contributed by atoms with Gasteiger partial charge in [0.05, 0.1) is 12.7 Å². The Morgan fingerprint density at radius 3 is 2.62 bits per heavy atom. The standard InChI is InChI=1S/C13H13BrFNO5/c1-21-11(17)5-4-10(13(19)20)16-12(18)8-3-2-7(15)6-9(8)14/h2-3,6,10H,4-5H2,1H3,(H,16,18)(H,19,20). The quantitative estimate of drug-likeness (QED) is 0.752. The number of esters is 1. The third-order valence-electron chi connectivity index (χ3n) is 2.64. The molecule has 1 aromatic carbocycles. The molecule has 0 aromatic heterocycles. The maximum Gasteiger partial charge on any atom is 0.326 e. The molecule has 0 aliphatic carbocycles. The molecule has 8 heteroatoms. The zero-order chi connectivity index (χ0) is 16.0. The van der Waals surface area contributed by atoms with E-state index in [1.807, 2.05) is 0 Å². The number of hydrogen-bond acceptors (Lipinski definition) is 4. The van der Waals surface area contributed by atoms with E-state index in [1.54, 1.807) is 0 Å². The summed E-state index contributed by atoms with van der Waals surface area (Å²) < 4.78 is 17.6. The highest BCUT2D eigenvalue weighted by Crippen LogP contribution is 2.18. The summed E-state index contributed by atoms with van der Waals surface area (Å²) in [4.78, 5) is 34.0. The second kappa shape index (κ2) is 7.72. The van der Waals surface area contributed by atoms with Gasteiger partial charge in [-0.3, -0.25) is 9.59 Å². The highest BCUT2D eigenvalue weighted by Gasteiger charge is 2.22. The summed E-state index contributed by atoms with van der Waals surface area (Å²) in [7, 11) is 1.19. The van der Waals surface area contributed by atoms with Crippen molar-refractivity contribution in [2.75, 3.05) is 7.11 Å². The van der Waals surface area contributed by atoms with Crippen molar-refractivity contribution in [2.24, 2.45) is 0 Å². The van der Waals surface area contributed by atoms with Gasteiger partial charge in [0.25, 0.3) is 5.91 Å². The van der Waals surface area contributed by atoms with Gasteiger partial charge in [-0.25, -0.2) is 9.18 Å². The number of aliphatic carboxylic acids is 1. The molecule has 0 saturated heterocycles. The van der Waals surface area contributed by atoms with Crippen molar-refractivity contribution in [3.63, 3.8) is 0 Å². The average Bonchev–Trinajstić information content (AvgIpc) is 2.42. The van der Waals surface area contributed by atoms with Crippen molar-refractivity contribution in [3.05, 3.63) is 34.1 Å². The van der Waals surface area contributed by atoms with Crippen LogP contribution < -0.4 is 5.32 Å². The van der Waals surface area contributed by atoms with E-state index in [1.165, 1.54) is 13.2 Å². The van der Waals surface area contributed by atoms with Crippen molar-refractivity contribution in [1.82, 2.24) is 5.32 Å². The summed E-state index contributed by atoms with van der Waals surface area (Å²) in [6, 6.07) is 2.17. The van der Waals surface area contributed by atoms with Crippen LogP contribution in [0.15, 0.2) is 22.7 Å². The molecule has 114 valence electrons. The Kier molecular flexibility index (Phi) is 6.29. The van der Waals surface area contributed by atoms with Gasteiger partial charge in [0.15, 0.2) is 0 Å². The monoisotopic (exact) mass is 361 g/mol. The Balaban J connectivity index is 2.76. The van der Waals surface area contributed by atoms with Crippen LogP contribution in [0.2, 0.25) is 0 Å². The zero-order valence-electron chi connectivity index (χ0n) is 11.1. The molecule has 0 fully saturated rings. The van der Waals surface area contributed by atoms with Gasteiger partial charge < -0.3 is 15.2 Å². The fourth-order valence-electron chi connectivity index (χ4n) is 1.53. The predicted octanol–water partition coefficient (Wildman–Crippen LogP) is 1.72. The Morgan fingerprint density at radius 2 is 2.10 bits per heavy atom. The summed E-state index contributed by atoms with van der Waals surface area (Å²) in [5, 5.41) is 11.3. The van der Waals surface area contributed by atoms with Gasteiger partial charge in [0, 0.05) is 10.9 Å². The minimum Gasteiger partial charge on any atom is -0.480 e. The number of methoxy groups -OCH3 is 1. The molecule has 0 radical (unpaired) electrons. The zero-order valence-corrected chi connectivity index (χ0v) is 12.6. The topological polar surface area (TPSA) is 92.7 Å². The SMILES string of the molecule is COC(=O)CCC(NC(=O)c1ccc(F)cc1Br)C(=O)O. The number of rotatable bonds is 6. The molecular formula is C13H13BrFNO5. The largest absolute Gasteiger partial charge is 0.480 e. The Hall–Kier alpha value is -1.96. The molecular weight excluding hydrogens is 349 g/mol. The molecule has 1 rings (SSSR count). The highest BCUT2D eigenvalue weighted by molar-refractivity contribution is 9.10. The highest BCUT2D eigenvalue weighted by atomic mass is 79.9. The summed E-state index contributed by atoms with van der Waals surface area (Å²) >= 11 is 3.03. The predicted molar refractivity (Wildman–Crippen MR) is 74.2 cm³/mol. The van der Waals surface area contributed by atoms with E-state index in [9.17, 15) is 18.8 Å². The van der Waals surface area contributed by atoms with Crippen molar-refractivity contribution < 1.29 is 28.6 Å². The molecule has 0 heterocycles. The van der Waals surface area contributed by atoms with Gasteiger partial charge in [0.2, 0.25) is 0 Å². The number of hydrogen-bond donors (Lipinski definition) is 2. The number of carbonyl (C=O) groups excluding carboxylic acids is 2. The number of carbonyl (C=O) groups is 3. The first kappa shape index (κ1) is 17.1. The molecule has 0 bridgehead atoms. The fraction of sp³-hybridized carbons (Fsp3) is 0.308. The molecule has 0 aliphatic heterocycles. The van der Waals surface area contributed by atoms with Gasteiger partial charge in [-0.1, -0.05) is 0 Å². The lowest BCUT2D eigenvalue weighted by molar-refractivity contribution is -0.142. The first-order valence-corrected chi connectivity index (χ1v) is 6.70. The van der Waals surface area contributed by atoms with Crippen molar-refractivity contribution in [1.29, 1.82) is 0 Å². The number of nitrogens with one attached hydrogen (secondary N) is 1. The minimum atomic E-state index is -1.27. The van der Waals surface area contributed by atoms with Gasteiger partial charge in [0.1, 0.15) is 11.9 Å². The summed E-state index contributed by atoms with van der Waals surface area (Å²) in [6.45, 7) is 0. The van der Waals surface area contributed by atoms with E-state index in [2.05, 4.69) is 26.0 Å². The van der Waals surface area contributed by atoms with Crippen LogP contribution in [0.4, 0.5) is 4.39 Å². The first-order valence-electron chi connectivity index (χ1n) is 5.90. The van der Waals surface area contributed by atoms with Crippen molar-refractivity contribution in [2.45, 2.75) is 18.9 Å². The van der Waals surface area contributed by atoms with Crippen LogP contribution in [0.1, 0.15) is 23.2 Å². The van der Waals surface area contributed by atoms with E-state index < -0.39 is 29.7 Å². The molecule has 0 spiro atoms. The van der Waals surface area contributed by atoms with Gasteiger partial charge in [-0.2, -0.15) is 0 Å². The maximum absolute atomic E-state index is 12.9. The lowest BCUT2D eigenvalue weighted by Gasteiger charge is -2.14. The van der Waals surface area contributed by atoms with E-state index in [0.717, 1.165) is 12.1 Å². The first-order chi connectivity index (χ1) is 9.85. The molecule has 1 atom stereocenters. The van der Waals surface area contributed by atoms with Crippen LogP contribution in [0.5, 0.6) is 0 Å². The van der Waals surface area contributed by atoms with E-state index in [0.29, 0.717) is 0 Å². The van der Waals surface area contributed by atoms with Crippen LogP contribution in [-0.2, 0) is 14.3 Å². The van der Waals surface area contributed by atoms with E-state index in [4.69, 9.17) is 5.11 Å². The second-order valence-corrected chi connectivity index (χ2v) is 4.96. The third kappa shape index (κ3) is 5.14. The third-order valence-corrected chi connectivity index (χ3v) is 3.30. The van der Waals surface area contributed by atoms with Crippen LogP contribution in [0.3, 0.4) is 0 Å². The van der Waals surface area contributed by atoms with Gasteiger partial charge in [-0.05, 0) is 40.5 Å². The minimum absolute atomic E-state index is 0.0979. The number of amides is 1. The second-order valence-electron chi connectivity index (χ2n) is 4.10. The van der Waals surface area contributed by atoms with Crippen LogP contribution in [0, 0.1) is 5.82 Å². The van der Waals surface area contributed by atoms with Gasteiger partial charge in [-0.15, -0.1) is 0 Å². The fourth-order valence-corrected chi connectivity index (χ4v) is 2.06. The number of carboxylic acids is 1. The molecule has 0 aliphatic rings. The van der Waals surface area contributed by atoms with Crippen molar-refractivity contribution in [3.8, 4) is 0 Å². The smallest absolute Gasteiger partial charge is 0.326 e. The lowest BCUT2D eigenvalue weighted by Crippen LogP contribution is -2.41. The molecule has 6 nitrogen and oxygen atoms in total. The van der Waals surface area contributed by atoms with Crippen LogP contribution in [0.25, 0.3) is 0 Å². The van der Waals surface area contributed by atoms with E-state index in [-0.39, 0.29) is 22.9 Å². The summed E-state index contributed by atoms with van der Waals surface area (Å²) in [5.41, 5.74) is 0.0979. The number of benzene rings is 1. The molecule has 1 aromatic rings. The Bertz CT molecular complexity index is 563. The average molecular weight is 362 g/mol. The Morgan fingerprint density at radius 1 is 1.43 bits per heavy atom. The van der Waals surface area contributed by atoms with Crippen molar-refractivity contribution >= 4 is 33.8 Å². The number of ether oxygens (including phenoxy) is 1.